The van der Waals surface area contributed by atoms with Crippen LogP contribution in [-0.2, 0) is 11.3 Å². The maximum atomic E-state index is 11.6. The molecule has 0 unspecified atom stereocenters. The van der Waals surface area contributed by atoms with Crippen LogP contribution in [0.25, 0.3) is 0 Å². The zero-order valence-corrected chi connectivity index (χ0v) is 9.46. The van der Waals surface area contributed by atoms with Crippen LogP contribution < -0.4 is 0 Å². The van der Waals surface area contributed by atoms with Crippen molar-refractivity contribution in [3.8, 4) is 0 Å². The standard InChI is InChI=1S/C9H8N4O3S/c14-8(7-2-1-3-15-7)16-6-4-13-9(17-5-6)10-11-12-13/h1-3,6H,4-5H2/t6-/m0/s1. The monoisotopic (exact) mass is 252 g/mol. The molecule has 2 aromatic heterocycles. The minimum atomic E-state index is -0.461. The lowest BCUT2D eigenvalue weighted by atomic mass is 10.4. The molecule has 3 heterocycles. The molecule has 17 heavy (non-hydrogen) atoms. The Morgan fingerprint density at radius 3 is 3.41 bits per heavy atom. The summed E-state index contributed by atoms with van der Waals surface area (Å²) in [6, 6.07) is 3.21. The summed E-state index contributed by atoms with van der Waals surface area (Å²) in [6.45, 7) is 0.474. The molecule has 0 aliphatic carbocycles. The van der Waals surface area contributed by atoms with E-state index in [1.807, 2.05) is 0 Å². The van der Waals surface area contributed by atoms with Gasteiger partial charge in [-0.25, -0.2) is 9.48 Å². The summed E-state index contributed by atoms with van der Waals surface area (Å²) in [7, 11) is 0. The molecule has 0 fully saturated rings. The molecule has 0 spiro atoms. The van der Waals surface area contributed by atoms with Gasteiger partial charge in [-0.2, -0.15) is 0 Å². The number of nitrogens with zero attached hydrogens (tertiary/aromatic N) is 4. The molecule has 0 radical (unpaired) electrons. The average Bonchev–Trinajstić information content (AvgIpc) is 2.99. The first kappa shape index (κ1) is 10.3. The molecule has 3 rings (SSSR count). The first-order valence-corrected chi connectivity index (χ1v) is 5.95. The quantitative estimate of drug-likeness (QED) is 0.723. The number of rotatable bonds is 2. The Kier molecular flexibility index (Phi) is 2.56. The predicted molar refractivity (Wildman–Crippen MR) is 56.5 cm³/mol. The van der Waals surface area contributed by atoms with Crippen LogP contribution in [0.15, 0.2) is 28.0 Å². The predicted octanol–water partition coefficient (Wildman–Crippen LogP) is 0.597. The summed E-state index contributed by atoms with van der Waals surface area (Å²) in [6.07, 6.45) is 1.19. The van der Waals surface area contributed by atoms with Gasteiger partial charge < -0.3 is 9.15 Å². The number of aromatic nitrogens is 4. The molecule has 2 aromatic rings. The summed E-state index contributed by atoms with van der Waals surface area (Å²) in [5.74, 6) is 0.391. The SMILES string of the molecule is O=C(O[C@@H]1CSc2nnnn2C1)c1ccco1. The number of fused-ring (bicyclic) bond motifs is 1. The number of carbonyl (C=O) groups is 1. The Balaban J connectivity index is 1.66. The van der Waals surface area contributed by atoms with Gasteiger partial charge in [0.25, 0.3) is 0 Å². The van der Waals surface area contributed by atoms with Crippen molar-refractivity contribution in [2.24, 2.45) is 0 Å². The van der Waals surface area contributed by atoms with Crippen LogP contribution in [0.5, 0.6) is 0 Å². The number of carbonyl (C=O) groups excluding carboxylic acids is 1. The van der Waals surface area contributed by atoms with Gasteiger partial charge in [-0.15, -0.1) is 5.10 Å². The number of esters is 1. The van der Waals surface area contributed by atoms with E-state index in [0.717, 1.165) is 5.16 Å². The first-order chi connectivity index (χ1) is 8.33. The van der Waals surface area contributed by atoms with E-state index in [-0.39, 0.29) is 11.9 Å². The van der Waals surface area contributed by atoms with Crippen molar-refractivity contribution >= 4 is 17.7 Å². The molecule has 1 aliphatic rings. The van der Waals surface area contributed by atoms with E-state index in [9.17, 15) is 4.79 Å². The van der Waals surface area contributed by atoms with Crippen molar-refractivity contribution in [3.05, 3.63) is 24.2 Å². The second kappa shape index (κ2) is 4.21. The van der Waals surface area contributed by atoms with E-state index in [4.69, 9.17) is 9.15 Å². The van der Waals surface area contributed by atoms with Crippen molar-refractivity contribution in [1.29, 1.82) is 0 Å². The Labute approximate surface area is 100 Å². The van der Waals surface area contributed by atoms with Crippen molar-refractivity contribution in [1.82, 2.24) is 20.2 Å². The van der Waals surface area contributed by atoms with Crippen LogP contribution in [0.1, 0.15) is 10.6 Å². The van der Waals surface area contributed by atoms with Crippen molar-refractivity contribution < 1.29 is 13.9 Å². The van der Waals surface area contributed by atoms with Gasteiger partial charge in [0.05, 0.1) is 12.8 Å². The minimum absolute atomic E-state index is 0.206. The molecule has 88 valence electrons. The highest BCUT2D eigenvalue weighted by Crippen LogP contribution is 2.23. The fourth-order valence-corrected chi connectivity index (χ4v) is 2.37. The van der Waals surface area contributed by atoms with Crippen molar-refractivity contribution in [3.63, 3.8) is 0 Å². The smallest absolute Gasteiger partial charge is 0.374 e. The lowest BCUT2D eigenvalue weighted by Gasteiger charge is -2.20. The molecule has 7 nitrogen and oxygen atoms in total. The lowest BCUT2D eigenvalue weighted by molar-refractivity contribution is 0.0259. The van der Waals surface area contributed by atoms with Crippen LogP contribution >= 0.6 is 11.8 Å². The molecule has 0 bridgehead atoms. The highest BCUT2D eigenvalue weighted by Gasteiger charge is 2.25. The van der Waals surface area contributed by atoms with Gasteiger partial charge >= 0.3 is 5.97 Å². The van der Waals surface area contributed by atoms with Crippen LogP contribution in [0, 0.1) is 0 Å². The van der Waals surface area contributed by atoms with Crippen LogP contribution in [0.4, 0.5) is 0 Å². The first-order valence-electron chi connectivity index (χ1n) is 4.96. The zero-order chi connectivity index (χ0) is 11.7. The van der Waals surface area contributed by atoms with Crippen molar-refractivity contribution in [2.45, 2.75) is 17.8 Å². The van der Waals surface area contributed by atoms with E-state index in [2.05, 4.69) is 15.5 Å². The number of furan rings is 1. The van der Waals surface area contributed by atoms with E-state index in [1.54, 1.807) is 16.8 Å². The summed E-state index contributed by atoms with van der Waals surface area (Å²) in [5, 5.41) is 11.9. The van der Waals surface area contributed by atoms with Crippen LogP contribution in [0.2, 0.25) is 0 Å². The fraction of sp³-hybridized carbons (Fsp3) is 0.333. The Morgan fingerprint density at radius 1 is 1.65 bits per heavy atom. The maximum absolute atomic E-state index is 11.6. The molecular formula is C9H8N4O3S. The van der Waals surface area contributed by atoms with E-state index < -0.39 is 5.97 Å². The molecule has 0 amide bonds. The van der Waals surface area contributed by atoms with E-state index in [1.165, 1.54) is 18.0 Å². The summed E-state index contributed by atoms with van der Waals surface area (Å²) in [5.41, 5.74) is 0. The number of ether oxygens (including phenoxy) is 1. The van der Waals surface area contributed by atoms with Gasteiger partial charge in [-0.05, 0) is 22.6 Å². The second-order valence-electron chi connectivity index (χ2n) is 3.46. The van der Waals surface area contributed by atoms with Gasteiger partial charge in [0, 0.05) is 5.75 Å². The normalized spacial score (nSPS) is 18.7. The summed E-state index contributed by atoms with van der Waals surface area (Å²) < 4.78 is 11.9. The summed E-state index contributed by atoms with van der Waals surface area (Å²) >= 11 is 1.46. The fourth-order valence-electron chi connectivity index (χ4n) is 1.50. The second-order valence-corrected chi connectivity index (χ2v) is 4.45. The molecule has 0 N–H and O–H groups in total. The van der Waals surface area contributed by atoms with Gasteiger partial charge in [0.1, 0.15) is 6.10 Å². The third-order valence-electron chi connectivity index (χ3n) is 2.27. The maximum Gasteiger partial charge on any atom is 0.374 e. The molecule has 0 saturated heterocycles. The highest BCUT2D eigenvalue weighted by atomic mass is 32.2. The minimum Gasteiger partial charge on any atom is -0.457 e. The Bertz CT molecular complexity index is 524. The largest absolute Gasteiger partial charge is 0.457 e. The third kappa shape index (κ3) is 2.03. The number of tetrazole rings is 1. The Hall–Kier alpha value is -1.83. The summed E-state index contributed by atoms with van der Waals surface area (Å²) in [4.78, 5) is 11.6. The van der Waals surface area contributed by atoms with E-state index in [0.29, 0.717) is 12.3 Å². The molecule has 1 atom stereocenters. The van der Waals surface area contributed by atoms with Gasteiger partial charge in [-0.1, -0.05) is 11.8 Å². The third-order valence-corrected chi connectivity index (χ3v) is 3.36. The van der Waals surface area contributed by atoms with Gasteiger partial charge in [-0.3, -0.25) is 0 Å². The van der Waals surface area contributed by atoms with Gasteiger partial charge in [0.15, 0.2) is 0 Å². The average molecular weight is 252 g/mol. The Morgan fingerprint density at radius 2 is 2.59 bits per heavy atom. The molecule has 0 aromatic carbocycles. The highest BCUT2D eigenvalue weighted by molar-refractivity contribution is 7.99. The number of hydrogen-bond acceptors (Lipinski definition) is 7. The topological polar surface area (TPSA) is 83.0 Å². The molecule has 8 heteroatoms. The van der Waals surface area contributed by atoms with Crippen molar-refractivity contribution in [2.75, 3.05) is 5.75 Å². The van der Waals surface area contributed by atoms with Gasteiger partial charge in [0.2, 0.25) is 10.9 Å². The molecule has 1 aliphatic heterocycles. The van der Waals surface area contributed by atoms with Crippen LogP contribution in [0.3, 0.4) is 0 Å². The van der Waals surface area contributed by atoms with Crippen LogP contribution in [-0.4, -0.2) is 38.0 Å². The number of thioether (sulfide) groups is 1. The molecule has 0 saturated carbocycles. The lowest BCUT2D eigenvalue weighted by Crippen LogP contribution is -2.30. The zero-order valence-electron chi connectivity index (χ0n) is 8.65. The number of hydrogen-bond donors (Lipinski definition) is 0. The molecular weight excluding hydrogens is 244 g/mol. The van der Waals surface area contributed by atoms with E-state index >= 15 is 0 Å².